The molecular formula is C11H9Br2NO. The van der Waals surface area contributed by atoms with Crippen molar-refractivity contribution in [3.8, 4) is 5.75 Å². The van der Waals surface area contributed by atoms with Crippen LogP contribution < -0.4 is 4.74 Å². The van der Waals surface area contributed by atoms with Crippen molar-refractivity contribution in [1.82, 2.24) is 4.98 Å². The molecule has 1 aromatic heterocycles. The summed E-state index contributed by atoms with van der Waals surface area (Å²) in [6.45, 7) is 0. The van der Waals surface area contributed by atoms with E-state index >= 15 is 0 Å². The normalized spacial score (nSPS) is 12.7. The molecule has 2 aromatic rings. The van der Waals surface area contributed by atoms with E-state index < -0.39 is 0 Å². The number of para-hydroxylation sites is 1. The number of hydrogen-bond donors (Lipinski definition) is 0. The lowest BCUT2D eigenvalue weighted by atomic mass is 10.2. The summed E-state index contributed by atoms with van der Waals surface area (Å²) >= 11 is 6.75. The fraction of sp³-hybridized carbons (Fsp3) is 0.182. The summed E-state index contributed by atoms with van der Waals surface area (Å²) in [5, 5.41) is 1.78. The first-order chi connectivity index (χ1) is 7.31. The average molecular weight is 331 g/mol. The number of fused-ring (bicyclic) bond motifs is 1. The van der Waals surface area contributed by atoms with Gasteiger partial charge in [-0.25, -0.2) is 0 Å². The van der Waals surface area contributed by atoms with Crippen molar-refractivity contribution < 1.29 is 4.74 Å². The number of hydrogen-bond acceptors (Lipinski definition) is 2. The van der Waals surface area contributed by atoms with Gasteiger partial charge in [0.05, 0.1) is 5.33 Å². The fourth-order valence-electron chi connectivity index (χ4n) is 1.34. The van der Waals surface area contributed by atoms with E-state index in [4.69, 9.17) is 4.74 Å². The third-order valence-corrected chi connectivity index (χ3v) is 3.94. The minimum absolute atomic E-state index is 0.0369. The first kappa shape index (κ1) is 10.9. The van der Waals surface area contributed by atoms with E-state index in [2.05, 4.69) is 36.8 Å². The number of rotatable bonds is 3. The summed E-state index contributed by atoms with van der Waals surface area (Å²) in [4.78, 5) is 4.31. The van der Waals surface area contributed by atoms with Crippen LogP contribution in [0.2, 0.25) is 0 Å². The van der Waals surface area contributed by atoms with Gasteiger partial charge in [-0.15, -0.1) is 0 Å². The van der Waals surface area contributed by atoms with Gasteiger partial charge in [-0.2, -0.15) is 0 Å². The van der Waals surface area contributed by atoms with E-state index in [1.807, 2.05) is 30.3 Å². The molecule has 78 valence electrons. The highest BCUT2D eigenvalue weighted by Crippen LogP contribution is 2.25. The Kier molecular flexibility index (Phi) is 3.59. The second-order valence-corrected chi connectivity index (χ2v) is 4.68. The molecule has 1 atom stereocenters. The number of halogens is 2. The topological polar surface area (TPSA) is 22.1 Å². The van der Waals surface area contributed by atoms with Crippen LogP contribution in [0.1, 0.15) is 0 Å². The molecule has 1 heterocycles. The monoisotopic (exact) mass is 329 g/mol. The van der Waals surface area contributed by atoms with Crippen LogP contribution in [0.3, 0.4) is 0 Å². The molecule has 0 radical (unpaired) electrons. The molecular weight excluding hydrogens is 322 g/mol. The molecule has 0 bridgehead atoms. The van der Waals surface area contributed by atoms with Gasteiger partial charge in [0.2, 0.25) is 0 Å². The minimum atomic E-state index is -0.0369. The maximum absolute atomic E-state index is 5.68. The van der Waals surface area contributed by atoms with Crippen LogP contribution in [0, 0.1) is 0 Å². The second-order valence-electron chi connectivity index (χ2n) is 3.01. The van der Waals surface area contributed by atoms with Crippen molar-refractivity contribution in [2.24, 2.45) is 0 Å². The van der Waals surface area contributed by atoms with Crippen molar-refractivity contribution in [3.05, 3.63) is 36.5 Å². The largest absolute Gasteiger partial charge is 0.476 e. The summed E-state index contributed by atoms with van der Waals surface area (Å²) < 4.78 is 5.68. The zero-order chi connectivity index (χ0) is 10.7. The van der Waals surface area contributed by atoms with Gasteiger partial charge in [0.1, 0.15) is 11.3 Å². The molecule has 0 fully saturated rings. The Morgan fingerprint density at radius 1 is 1.27 bits per heavy atom. The first-order valence-electron chi connectivity index (χ1n) is 4.51. The number of pyridine rings is 1. The van der Waals surface area contributed by atoms with Crippen LogP contribution in [0.15, 0.2) is 36.5 Å². The average Bonchev–Trinajstić information content (AvgIpc) is 2.29. The molecule has 0 N–H and O–H groups in total. The molecule has 0 saturated carbocycles. The van der Waals surface area contributed by atoms with Crippen molar-refractivity contribution in [2.45, 2.75) is 5.01 Å². The van der Waals surface area contributed by atoms with Gasteiger partial charge in [0, 0.05) is 11.6 Å². The second kappa shape index (κ2) is 4.94. The molecule has 2 rings (SSSR count). The van der Waals surface area contributed by atoms with Gasteiger partial charge in [0.15, 0.2) is 5.01 Å². The van der Waals surface area contributed by atoms with Crippen LogP contribution in [0.4, 0.5) is 0 Å². The zero-order valence-electron chi connectivity index (χ0n) is 7.86. The summed E-state index contributed by atoms with van der Waals surface area (Å²) in [5.74, 6) is 0.800. The predicted octanol–water partition coefficient (Wildman–Crippen LogP) is 3.73. The van der Waals surface area contributed by atoms with Gasteiger partial charge >= 0.3 is 0 Å². The van der Waals surface area contributed by atoms with E-state index in [9.17, 15) is 0 Å². The number of benzene rings is 1. The maximum Gasteiger partial charge on any atom is 0.163 e. The Bertz CT molecular complexity index is 456. The standard InChI is InChI=1S/C11H9Br2NO/c12-7-10(13)15-9-5-1-3-8-4-2-6-14-11(8)9/h1-6,10H,7H2. The molecule has 0 aliphatic rings. The molecule has 0 aliphatic heterocycles. The Morgan fingerprint density at radius 2 is 2.07 bits per heavy atom. The predicted molar refractivity (Wildman–Crippen MR) is 68.9 cm³/mol. The van der Waals surface area contributed by atoms with Crippen molar-refractivity contribution >= 4 is 42.8 Å². The number of ether oxygens (including phenoxy) is 1. The van der Waals surface area contributed by atoms with Crippen molar-refractivity contribution in [1.29, 1.82) is 0 Å². The highest BCUT2D eigenvalue weighted by Gasteiger charge is 2.07. The van der Waals surface area contributed by atoms with Gasteiger partial charge < -0.3 is 4.74 Å². The fourth-order valence-corrected chi connectivity index (χ4v) is 1.67. The lowest BCUT2D eigenvalue weighted by Crippen LogP contribution is -2.09. The molecule has 4 heteroatoms. The van der Waals surface area contributed by atoms with E-state index in [1.54, 1.807) is 6.20 Å². The maximum atomic E-state index is 5.68. The smallest absolute Gasteiger partial charge is 0.163 e. The lowest BCUT2D eigenvalue weighted by Gasteiger charge is -2.11. The zero-order valence-corrected chi connectivity index (χ0v) is 11.0. The lowest BCUT2D eigenvalue weighted by molar-refractivity contribution is 0.322. The van der Waals surface area contributed by atoms with Gasteiger partial charge in [-0.05, 0) is 28.1 Å². The quantitative estimate of drug-likeness (QED) is 0.800. The number of alkyl halides is 2. The third-order valence-electron chi connectivity index (χ3n) is 1.97. The highest BCUT2D eigenvalue weighted by molar-refractivity contribution is 9.12. The van der Waals surface area contributed by atoms with Crippen molar-refractivity contribution in [3.63, 3.8) is 0 Å². The molecule has 0 saturated heterocycles. The van der Waals surface area contributed by atoms with E-state index in [-0.39, 0.29) is 5.01 Å². The molecule has 0 spiro atoms. The van der Waals surface area contributed by atoms with Gasteiger partial charge in [-0.1, -0.05) is 34.1 Å². The summed E-state index contributed by atoms with van der Waals surface area (Å²) in [6, 6.07) is 9.85. The molecule has 15 heavy (non-hydrogen) atoms. The van der Waals surface area contributed by atoms with Crippen LogP contribution >= 0.6 is 31.9 Å². The summed E-state index contributed by atoms with van der Waals surface area (Å²) in [5.41, 5.74) is 0.894. The SMILES string of the molecule is BrCC(Br)Oc1cccc2cccnc12. The minimum Gasteiger partial charge on any atom is -0.476 e. The summed E-state index contributed by atoms with van der Waals surface area (Å²) in [7, 11) is 0. The third kappa shape index (κ3) is 2.49. The Hall–Kier alpha value is -0.610. The Balaban J connectivity index is 2.42. The number of aromatic nitrogens is 1. The Morgan fingerprint density at radius 3 is 2.87 bits per heavy atom. The molecule has 2 nitrogen and oxygen atoms in total. The van der Waals surface area contributed by atoms with Crippen LogP contribution in [0.5, 0.6) is 5.75 Å². The van der Waals surface area contributed by atoms with Gasteiger partial charge in [-0.3, -0.25) is 4.98 Å². The van der Waals surface area contributed by atoms with E-state index in [0.29, 0.717) is 0 Å². The first-order valence-corrected chi connectivity index (χ1v) is 6.55. The summed E-state index contributed by atoms with van der Waals surface area (Å²) in [6.07, 6.45) is 1.77. The van der Waals surface area contributed by atoms with E-state index in [1.165, 1.54) is 0 Å². The molecule has 1 aromatic carbocycles. The molecule has 0 aliphatic carbocycles. The van der Waals surface area contributed by atoms with Crippen LogP contribution in [-0.4, -0.2) is 15.3 Å². The van der Waals surface area contributed by atoms with Crippen LogP contribution in [0.25, 0.3) is 10.9 Å². The number of nitrogens with zero attached hydrogens (tertiary/aromatic N) is 1. The van der Waals surface area contributed by atoms with Crippen LogP contribution in [-0.2, 0) is 0 Å². The van der Waals surface area contributed by atoms with E-state index in [0.717, 1.165) is 22.0 Å². The molecule has 1 unspecified atom stereocenters. The highest BCUT2D eigenvalue weighted by atomic mass is 79.9. The van der Waals surface area contributed by atoms with Crippen molar-refractivity contribution in [2.75, 3.05) is 5.33 Å². The molecule has 0 amide bonds. The van der Waals surface area contributed by atoms with Gasteiger partial charge in [0.25, 0.3) is 0 Å². The Labute approximate surface area is 105 Å².